The summed E-state index contributed by atoms with van der Waals surface area (Å²) in [4.78, 5) is 17.0. The van der Waals surface area contributed by atoms with Gasteiger partial charge in [0.1, 0.15) is 5.76 Å². The molecule has 1 amide bonds. The van der Waals surface area contributed by atoms with Crippen LogP contribution in [0, 0.1) is 12.8 Å². The highest BCUT2D eigenvalue weighted by Gasteiger charge is 2.31. The Balaban J connectivity index is 1.47. The summed E-state index contributed by atoms with van der Waals surface area (Å²) in [5.74, 6) is 1.20. The summed E-state index contributed by atoms with van der Waals surface area (Å²) in [5.41, 5.74) is 0.885. The van der Waals surface area contributed by atoms with E-state index in [9.17, 15) is 4.79 Å². The summed E-state index contributed by atoms with van der Waals surface area (Å²) >= 11 is 0. The molecule has 7 nitrogen and oxygen atoms in total. The van der Waals surface area contributed by atoms with Gasteiger partial charge in [-0.2, -0.15) is 0 Å². The van der Waals surface area contributed by atoms with Crippen LogP contribution in [0.4, 0.5) is 0 Å². The van der Waals surface area contributed by atoms with Crippen molar-refractivity contribution in [2.45, 2.75) is 25.8 Å². The largest absolute Gasteiger partial charge is 0.379 e. The van der Waals surface area contributed by atoms with E-state index in [2.05, 4.69) is 27.3 Å². The third kappa shape index (κ3) is 4.78. The van der Waals surface area contributed by atoms with E-state index in [4.69, 9.17) is 9.26 Å². The number of hydrogen-bond donors (Lipinski definition) is 1. The van der Waals surface area contributed by atoms with Gasteiger partial charge in [-0.25, -0.2) is 0 Å². The van der Waals surface area contributed by atoms with Gasteiger partial charge in [0.25, 0.3) is 0 Å². The summed E-state index contributed by atoms with van der Waals surface area (Å²) in [6, 6.07) is 2.00. The van der Waals surface area contributed by atoms with Crippen LogP contribution in [0.15, 0.2) is 10.6 Å². The fourth-order valence-electron chi connectivity index (χ4n) is 3.44. The molecule has 0 aliphatic carbocycles. The number of nitrogens with zero attached hydrogens (tertiary/aromatic N) is 3. The molecule has 0 saturated carbocycles. The number of ether oxygens (including phenoxy) is 1. The second kappa shape index (κ2) is 8.09. The van der Waals surface area contributed by atoms with E-state index in [1.54, 1.807) is 0 Å². The molecular formula is C17H28N4O3. The lowest BCUT2D eigenvalue weighted by atomic mass is 9.98. The molecule has 3 rings (SSSR count). The van der Waals surface area contributed by atoms with Crippen LogP contribution < -0.4 is 5.32 Å². The average Bonchev–Trinajstić information content (AvgIpc) is 3.08. The quantitative estimate of drug-likeness (QED) is 0.834. The van der Waals surface area contributed by atoms with Crippen molar-refractivity contribution < 1.29 is 14.1 Å². The Morgan fingerprint density at radius 3 is 3.00 bits per heavy atom. The number of aromatic nitrogens is 1. The van der Waals surface area contributed by atoms with Crippen molar-refractivity contribution in [3.05, 3.63) is 17.5 Å². The number of amides is 1. The average molecular weight is 336 g/mol. The monoisotopic (exact) mass is 336 g/mol. The molecule has 0 spiro atoms. The molecule has 2 atom stereocenters. The van der Waals surface area contributed by atoms with Crippen molar-refractivity contribution >= 4 is 5.91 Å². The van der Waals surface area contributed by atoms with Crippen LogP contribution in [0.3, 0.4) is 0 Å². The van der Waals surface area contributed by atoms with Crippen LogP contribution >= 0.6 is 0 Å². The second-order valence-electron chi connectivity index (χ2n) is 7.04. The molecule has 0 bridgehead atoms. The zero-order valence-corrected chi connectivity index (χ0v) is 14.7. The third-order valence-electron chi connectivity index (χ3n) is 4.86. The summed E-state index contributed by atoms with van der Waals surface area (Å²) in [5, 5.41) is 7.08. The highest BCUT2D eigenvalue weighted by molar-refractivity contribution is 5.78. The molecule has 134 valence electrons. The van der Waals surface area contributed by atoms with E-state index in [0.717, 1.165) is 50.5 Å². The van der Waals surface area contributed by atoms with Gasteiger partial charge in [-0.1, -0.05) is 5.16 Å². The molecule has 3 heterocycles. The molecule has 24 heavy (non-hydrogen) atoms. The van der Waals surface area contributed by atoms with Crippen molar-refractivity contribution in [2.24, 2.45) is 5.92 Å². The SMILES string of the molecule is Cc1cc(C[C@H]2COC[C@H]2NC(=O)CN2CCCN(C)CC2)on1. The van der Waals surface area contributed by atoms with Crippen LogP contribution in [0.2, 0.25) is 0 Å². The smallest absolute Gasteiger partial charge is 0.234 e. The maximum atomic E-state index is 12.4. The fourth-order valence-corrected chi connectivity index (χ4v) is 3.44. The van der Waals surface area contributed by atoms with Crippen molar-refractivity contribution in [3.63, 3.8) is 0 Å². The minimum atomic E-state index is 0.0533. The van der Waals surface area contributed by atoms with Crippen LogP contribution in [0.5, 0.6) is 0 Å². The minimum absolute atomic E-state index is 0.0533. The Labute approximate surface area is 143 Å². The molecule has 1 N–H and O–H groups in total. The molecule has 1 aromatic heterocycles. The first-order valence-corrected chi connectivity index (χ1v) is 8.80. The number of hydrogen-bond acceptors (Lipinski definition) is 6. The molecule has 1 aromatic rings. The number of rotatable bonds is 5. The fraction of sp³-hybridized carbons (Fsp3) is 0.765. The Morgan fingerprint density at radius 2 is 2.21 bits per heavy atom. The van der Waals surface area contributed by atoms with Gasteiger partial charge in [-0.15, -0.1) is 0 Å². The van der Waals surface area contributed by atoms with Crippen molar-refractivity contribution in [3.8, 4) is 0 Å². The summed E-state index contributed by atoms with van der Waals surface area (Å²) < 4.78 is 10.9. The molecule has 7 heteroatoms. The van der Waals surface area contributed by atoms with Crippen molar-refractivity contribution in [1.29, 1.82) is 0 Å². The van der Waals surface area contributed by atoms with Crippen LogP contribution in [0.1, 0.15) is 17.9 Å². The normalized spacial score (nSPS) is 26.4. The third-order valence-corrected chi connectivity index (χ3v) is 4.86. The summed E-state index contributed by atoms with van der Waals surface area (Å²) in [6.07, 6.45) is 1.87. The van der Waals surface area contributed by atoms with E-state index < -0.39 is 0 Å². The van der Waals surface area contributed by atoms with E-state index in [1.165, 1.54) is 0 Å². The van der Waals surface area contributed by atoms with Gasteiger partial charge in [0.2, 0.25) is 5.91 Å². The van der Waals surface area contributed by atoms with Gasteiger partial charge in [0.05, 0.1) is 31.5 Å². The Bertz CT molecular complexity index is 548. The second-order valence-corrected chi connectivity index (χ2v) is 7.04. The number of carbonyl (C=O) groups is 1. The molecule has 2 fully saturated rings. The molecule has 0 radical (unpaired) electrons. The first-order chi connectivity index (χ1) is 11.6. The molecule has 0 unspecified atom stereocenters. The highest BCUT2D eigenvalue weighted by Crippen LogP contribution is 2.19. The lowest BCUT2D eigenvalue weighted by Gasteiger charge is -2.22. The lowest BCUT2D eigenvalue weighted by molar-refractivity contribution is -0.123. The van der Waals surface area contributed by atoms with Crippen LogP contribution in [-0.4, -0.2) is 79.9 Å². The zero-order chi connectivity index (χ0) is 16.9. The van der Waals surface area contributed by atoms with E-state index in [0.29, 0.717) is 19.8 Å². The molecule has 2 aliphatic heterocycles. The summed E-state index contributed by atoms with van der Waals surface area (Å²) in [6.45, 7) is 7.67. The zero-order valence-electron chi connectivity index (χ0n) is 14.7. The highest BCUT2D eigenvalue weighted by atomic mass is 16.5. The van der Waals surface area contributed by atoms with Crippen LogP contribution in [-0.2, 0) is 16.0 Å². The standard InChI is InChI=1S/C17H28N4O3/c1-13-8-15(24-19-13)9-14-11-23-12-16(14)18-17(22)10-21-5-3-4-20(2)6-7-21/h8,14,16H,3-7,9-12H2,1-2H3,(H,18,22)/t14-,16+/m0/s1. The molecule has 2 saturated heterocycles. The minimum Gasteiger partial charge on any atom is -0.379 e. The Morgan fingerprint density at radius 1 is 1.33 bits per heavy atom. The van der Waals surface area contributed by atoms with E-state index >= 15 is 0 Å². The molecule has 2 aliphatic rings. The van der Waals surface area contributed by atoms with Gasteiger partial charge in [-0.05, 0) is 33.5 Å². The molecular weight excluding hydrogens is 308 g/mol. The first-order valence-electron chi connectivity index (χ1n) is 8.80. The van der Waals surface area contributed by atoms with Gasteiger partial charge in [0, 0.05) is 31.5 Å². The van der Waals surface area contributed by atoms with Gasteiger partial charge in [-0.3, -0.25) is 9.69 Å². The van der Waals surface area contributed by atoms with E-state index in [1.807, 2.05) is 13.0 Å². The van der Waals surface area contributed by atoms with E-state index in [-0.39, 0.29) is 17.9 Å². The van der Waals surface area contributed by atoms with Crippen LogP contribution in [0.25, 0.3) is 0 Å². The predicted molar refractivity (Wildman–Crippen MR) is 89.7 cm³/mol. The predicted octanol–water partition coefficient (Wildman–Crippen LogP) is 0.294. The number of carbonyl (C=O) groups excluding carboxylic acids is 1. The first kappa shape index (κ1) is 17.4. The molecule has 0 aromatic carbocycles. The number of likely N-dealkylation sites (N-methyl/N-ethyl adjacent to an activating group) is 1. The number of nitrogens with one attached hydrogen (secondary N) is 1. The van der Waals surface area contributed by atoms with Gasteiger partial charge in [0.15, 0.2) is 0 Å². The summed E-state index contributed by atoms with van der Waals surface area (Å²) in [7, 11) is 2.13. The van der Waals surface area contributed by atoms with Gasteiger partial charge >= 0.3 is 0 Å². The lowest BCUT2D eigenvalue weighted by Crippen LogP contribution is -2.46. The maximum absolute atomic E-state index is 12.4. The Kier molecular flexibility index (Phi) is 5.86. The maximum Gasteiger partial charge on any atom is 0.234 e. The van der Waals surface area contributed by atoms with Crippen molar-refractivity contribution in [1.82, 2.24) is 20.3 Å². The Hall–Kier alpha value is -1.44. The van der Waals surface area contributed by atoms with Gasteiger partial charge < -0.3 is 19.5 Å². The van der Waals surface area contributed by atoms with Crippen molar-refractivity contribution in [2.75, 3.05) is 53.0 Å². The topological polar surface area (TPSA) is 70.8 Å². The number of aryl methyl sites for hydroxylation is 1.